The first-order chi connectivity index (χ1) is 2.00. The largest absolute Gasteiger partial charge is 0.305 e. The summed E-state index contributed by atoms with van der Waals surface area (Å²) in [6.45, 7) is 0. The molecule has 5 heteroatoms. The normalized spacial score (nSPS) is 21.6. The molecule has 0 heterocycles. The molecule has 0 aliphatic rings. The highest BCUT2D eigenvalue weighted by Gasteiger charge is 2.21. The van der Waals surface area contributed by atoms with Crippen LogP contribution < -0.4 is 5.50 Å². The molecule has 1 atom stereocenters. The van der Waals surface area contributed by atoms with Gasteiger partial charge >= 0.3 is 3.11 Å². The van der Waals surface area contributed by atoms with E-state index in [1.54, 1.807) is 0 Å². The van der Waals surface area contributed by atoms with Gasteiger partial charge in [-0.1, -0.05) is 0 Å². The van der Waals surface area contributed by atoms with Crippen molar-refractivity contribution in [1.29, 1.82) is 0 Å². The van der Waals surface area contributed by atoms with Gasteiger partial charge in [0.05, 0.1) is 0 Å². The highest BCUT2D eigenvalue weighted by molar-refractivity contribution is 14.2. The van der Waals surface area contributed by atoms with Crippen molar-refractivity contribution in [2.45, 2.75) is 0 Å². The molecule has 0 aromatic carbocycles. The second kappa shape index (κ2) is 2.26. The highest BCUT2D eigenvalue weighted by atomic mass is 127. The number of hydrogen-bond donors (Lipinski definition) is 1. The summed E-state index contributed by atoms with van der Waals surface area (Å²) >= 11 is 10.3. The molecule has 1 unspecified atom stereocenters. The maximum atomic E-state index is 5.32. The van der Waals surface area contributed by atoms with Crippen molar-refractivity contribution in [3.05, 3.63) is 0 Å². The van der Waals surface area contributed by atoms with Crippen molar-refractivity contribution in [2.24, 2.45) is 5.50 Å². The van der Waals surface area contributed by atoms with Gasteiger partial charge in [-0.2, -0.15) is 5.50 Å². The van der Waals surface area contributed by atoms with Gasteiger partial charge in [0.15, 0.2) is 15.5 Å². The second-order valence-electron chi connectivity index (χ2n) is 0.484. The van der Waals surface area contributed by atoms with Crippen LogP contribution >= 0.6 is 51.9 Å². The predicted octanol–water partition coefficient (Wildman–Crippen LogP) is 2.69. The van der Waals surface area contributed by atoms with Crippen LogP contribution in [0.25, 0.3) is 0 Å². The van der Waals surface area contributed by atoms with E-state index >= 15 is 0 Å². The molecule has 0 spiro atoms. The lowest BCUT2D eigenvalue weighted by molar-refractivity contribution is 2.03. The van der Waals surface area contributed by atoms with Crippen LogP contribution in [0.4, 0.5) is 0 Å². The number of hydrogen-bond acceptors (Lipinski definition) is 1. The summed E-state index contributed by atoms with van der Waals surface area (Å²) in [5.74, 6) is 0. The van der Waals surface area contributed by atoms with Crippen molar-refractivity contribution in [1.82, 2.24) is 0 Å². The molecule has 0 amide bonds. The van der Waals surface area contributed by atoms with Crippen molar-refractivity contribution in [3.63, 3.8) is 0 Å². The van der Waals surface area contributed by atoms with Crippen LogP contribution in [-0.2, 0) is 0 Å². The summed E-state index contributed by atoms with van der Waals surface area (Å²) < 4.78 is -1.63. The standard InChI is InChI=1S/BrClH2INP/c1-5(2,3)4/h4H2/q+1. The van der Waals surface area contributed by atoms with Gasteiger partial charge in [0.2, 0.25) is 22.0 Å². The Hall–Kier alpha value is 1.89. The third-order valence-corrected chi connectivity index (χ3v) is 0. The first kappa shape index (κ1) is 6.89. The summed E-state index contributed by atoms with van der Waals surface area (Å²) in [6, 6.07) is 0. The number of rotatable bonds is 0. The number of halogens is 3. The first-order valence-electron chi connectivity index (χ1n) is 0.765. The predicted molar refractivity (Wildman–Crippen MR) is 39.9 cm³/mol. The van der Waals surface area contributed by atoms with Gasteiger partial charge < -0.3 is 0 Å². The minimum Gasteiger partial charge on any atom is -0.172 e. The Labute approximate surface area is 57.0 Å². The average molecular weight is 289 g/mol. The molecule has 1 nitrogen and oxygen atoms in total. The SMILES string of the molecule is N[P+](Cl)(Br)I. The maximum Gasteiger partial charge on any atom is 0.305 e. The Morgan fingerprint density at radius 3 is 2.00 bits per heavy atom. The van der Waals surface area contributed by atoms with Gasteiger partial charge in [-0.05, 0) is 0 Å². The van der Waals surface area contributed by atoms with Crippen molar-refractivity contribution in [2.75, 3.05) is 0 Å². The minimum atomic E-state index is -1.63. The van der Waals surface area contributed by atoms with Gasteiger partial charge in [0.1, 0.15) is 11.2 Å². The Bertz CT molecular complexity index is 27.1. The van der Waals surface area contributed by atoms with Crippen LogP contribution in [0, 0.1) is 0 Å². The molecule has 0 aliphatic carbocycles. The Morgan fingerprint density at radius 2 is 2.00 bits per heavy atom. The molecule has 0 radical (unpaired) electrons. The van der Waals surface area contributed by atoms with E-state index in [1.807, 2.05) is 22.0 Å². The van der Waals surface area contributed by atoms with Crippen molar-refractivity contribution < 1.29 is 0 Å². The average Bonchev–Trinajstić information content (AvgIpc) is 0.722. The van der Waals surface area contributed by atoms with E-state index < -0.39 is 3.11 Å². The summed E-state index contributed by atoms with van der Waals surface area (Å²) in [4.78, 5) is 0. The molecule has 2 N–H and O–H groups in total. The molecule has 0 aliphatic heterocycles. The third-order valence-electron chi connectivity index (χ3n) is 0. The highest BCUT2D eigenvalue weighted by Crippen LogP contribution is 2.71. The minimum absolute atomic E-state index is 1.63. The van der Waals surface area contributed by atoms with E-state index in [0.717, 1.165) is 0 Å². The zero-order chi connectivity index (χ0) is 4.50. The summed E-state index contributed by atoms with van der Waals surface area (Å²) in [5, 5.41) is 0. The Morgan fingerprint density at radius 1 is 2.00 bits per heavy atom. The molecule has 32 valence electrons. The van der Waals surface area contributed by atoms with Gasteiger partial charge in [-0.25, -0.2) is 0 Å². The summed E-state index contributed by atoms with van der Waals surface area (Å²) in [5.41, 5.74) is 5.13. The molecular weight excluding hydrogens is 287 g/mol. The lowest BCUT2D eigenvalue weighted by Gasteiger charge is -1.81. The molecule has 0 fully saturated rings. The zero-order valence-electron chi connectivity index (χ0n) is 2.16. The van der Waals surface area contributed by atoms with Crippen molar-refractivity contribution in [3.8, 4) is 0 Å². The molecule has 5 heavy (non-hydrogen) atoms. The fourth-order valence-electron chi connectivity index (χ4n) is 0. The first-order valence-corrected chi connectivity index (χ1v) is 8.33. The van der Waals surface area contributed by atoms with E-state index in [-0.39, 0.29) is 0 Å². The molecular formula is H2BrClINP+. The lowest BCUT2D eigenvalue weighted by Crippen LogP contribution is -1.73. The molecule has 0 aromatic rings. The third kappa shape index (κ3) is 25.0. The van der Waals surface area contributed by atoms with E-state index in [2.05, 4.69) is 15.5 Å². The maximum absolute atomic E-state index is 5.32. The van der Waals surface area contributed by atoms with Gasteiger partial charge in [0, 0.05) is 0 Å². The van der Waals surface area contributed by atoms with E-state index in [1.165, 1.54) is 0 Å². The van der Waals surface area contributed by atoms with Crippen LogP contribution in [-0.4, -0.2) is 0 Å². The zero-order valence-corrected chi connectivity index (χ0v) is 7.55. The Kier molecular flexibility index (Phi) is 3.12. The lowest BCUT2D eigenvalue weighted by atomic mass is 13.9. The smallest absolute Gasteiger partial charge is 0.172 e. The quantitative estimate of drug-likeness (QED) is 0.538. The second-order valence-corrected chi connectivity index (χ2v) is 17.9. The van der Waals surface area contributed by atoms with Gasteiger partial charge in [0.25, 0.3) is 0 Å². The Balaban J connectivity index is 3.02. The van der Waals surface area contributed by atoms with Crippen molar-refractivity contribution >= 4 is 51.9 Å². The molecule has 0 bridgehead atoms. The van der Waals surface area contributed by atoms with E-state index in [0.29, 0.717) is 0 Å². The number of nitrogens with two attached hydrogens (primary N) is 1. The van der Waals surface area contributed by atoms with Crippen LogP contribution in [0.2, 0.25) is 0 Å². The summed E-state index contributed by atoms with van der Waals surface area (Å²) in [7, 11) is 0. The van der Waals surface area contributed by atoms with Crippen LogP contribution in [0.1, 0.15) is 0 Å². The molecule has 0 aromatic heterocycles. The topological polar surface area (TPSA) is 26.0 Å². The van der Waals surface area contributed by atoms with E-state index in [9.17, 15) is 0 Å². The van der Waals surface area contributed by atoms with Gasteiger partial charge in [-0.3, -0.25) is 0 Å². The fourth-order valence-corrected chi connectivity index (χ4v) is 0. The molecule has 0 rings (SSSR count). The monoisotopic (exact) mass is 288 g/mol. The van der Waals surface area contributed by atoms with Crippen LogP contribution in [0.5, 0.6) is 0 Å². The van der Waals surface area contributed by atoms with Gasteiger partial charge in [-0.15, -0.1) is 0 Å². The summed E-state index contributed by atoms with van der Waals surface area (Å²) in [6.07, 6.45) is 0. The molecule has 0 saturated heterocycles. The van der Waals surface area contributed by atoms with Crippen LogP contribution in [0.15, 0.2) is 0 Å². The molecule has 0 saturated carbocycles. The van der Waals surface area contributed by atoms with Crippen LogP contribution in [0.3, 0.4) is 0 Å². The fraction of sp³-hybridized carbons (Fsp3) is 0. The van der Waals surface area contributed by atoms with E-state index in [4.69, 9.17) is 16.7 Å².